The van der Waals surface area contributed by atoms with Crippen LogP contribution >= 0.6 is 15.9 Å². The Morgan fingerprint density at radius 1 is 1.25 bits per heavy atom. The number of hydrogen-bond acceptors (Lipinski definition) is 3. The first-order valence-corrected chi connectivity index (χ1v) is 7.85. The second kappa shape index (κ2) is 5.41. The Morgan fingerprint density at radius 2 is 1.95 bits per heavy atom. The molecule has 7 heteroatoms. The fourth-order valence-corrected chi connectivity index (χ4v) is 3.35. The number of halogens is 2. The number of hydrogen-bond donors (Lipinski definition) is 2. The lowest BCUT2D eigenvalue weighted by molar-refractivity contribution is 0.474. The first-order chi connectivity index (χ1) is 9.31. The van der Waals surface area contributed by atoms with Gasteiger partial charge in [0.2, 0.25) is 0 Å². The average molecular weight is 360 g/mol. The lowest BCUT2D eigenvalue weighted by atomic mass is 10.2. The molecule has 0 saturated carbocycles. The summed E-state index contributed by atoms with van der Waals surface area (Å²) in [5.74, 6) is -0.875. The SMILES string of the molecule is Cc1ccc(F)cc1S(=O)(=O)Nc1cccc(Br)c1O. The highest BCUT2D eigenvalue weighted by molar-refractivity contribution is 9.10. The summed E-state index contributed by atoms with van der Waals surface area (Å²) in [6.45, 7) is 1.56. The molecule has 0 aliphatic rings. The van der Waals surface area contributed by atoms with Gasteiger partial charge in [0.15, 0.2) is 5.75 Å². The highest BCUT2D eigenvalue weighted by Crippen LogP contribution is 2.33. The third-order valence-electron chi connectivity index (χ3n) is 2.67. The van der Waals surface area contributed by atoms with Crippen molar-refractivity contribution in [3.05, 3.63) is 52.3 Å². The number of aryl methyl sites for hydroxylation is 1. The van der Waals surface area contributed by atoms with E-state index in [0.29, 0.717) is 10.0 Å². The van der Waals surface area contributed by atoms with E-state index in [1.54, 1.807) is 19.1 Å². The van der Waals surface area contributed by atoms with Gasteiger partial charge in [0.1, 0.15) is 5.82 Å². The Bertz CT molecular complexity index is 762. The zero-order valence-corrected chi connectivity index (χ0v) is 12.8. The fourth-order valence-electron chi connectivity index (χ4n) is 1.66. The van der Waals surface area contributed by atoms with Crippen LogP contribution in [0.15, 0.2) is 45.8 Å². The van der Waals surface area contributed by atoms with Gasteiger partial charge in [-0.1, -0.05) is 12.1 Å². The minimum absolute atomic E-state index is 0.0167. The third-order valence-corrected chi connectivity index (χ3v) is 4.82. The topological polar surface area (TPSA) is 66.4 Å². The number of rotatable bonds is 3. The number of benzene rings is 2. The maximum absolute atomic E-state index is 13.2. The van der Waals surface area contributed by atoms with Crippen molar-refractivity contribution in [3.63, 3.8) is 0 Å². The normalized spacial score (nSPS) is 11.3. The lowest BCUT2D eigenvalue weighted by Gasteiger charge is -2.12. The molecule has 0 amide bonds. The maximum Gasteiger partial charge on any atom is 0.262 e. The molecule has 0 aliphatic carbocycles. The smallest absolute Gasteiger partial charge is 0.262 e. The molecule has 20 heavy (non-hydrogen) atoms. The van der Waals surface area contributed by atoms with Gasteiger partial charge in [0.05, 0.1) is 15.1 Å². The van der Waals surface area contributed by atoms with Gasteiger partial charge < -0.3 is 5.11 Å². The van der Waals surface area contributed by atoms with Crippen LogP contribution in [0.1, 0.15) is 5.56 Å². The van der Waals surface area contributed by atoms with Gasteiger partial charge in [-0.05, 0) is 52.7 Å². The number of aromatic hydroxyl groups is 1. The quantitative estimate of drug-likeness (QED) is 0.825. The first kappa shape index (κ1) is 14.8. The highest BCUT2D eigenvalue weighted by atomic mass is 79.9. The third kappa shape index (κ3) is 2.94. The predicted octanol–water partition coefficient (Wildman–Crippen LogP) is 3.40. The van der Waals surface area contributed by atoms with Crippen LogP contribution in [0.3, 0.4) is 0 Å². The second-order valence-electron chi connectivity index (χ2n) is 4.15. The van der Waals surface area contributed by atoms with E-state index in [1.165, 1.54) is 18.2 Å². The number of phenolic OH excluding ortho intramolecular Hbond substituents is 1. The summed E-state index contributed by atoms with van der Waals surface area (Å²) in [5.41, 5.74) is 0.427. The van der Waals surface area contributed by atoms with Crippen molar-refractivity contribution in [2.24, 2.45) is 0 Å². The number of phenols is 1. The van der Waals surface area contributed by atoms with Crippen molar-refractivity contribution in [1.29, 1.82) is 0 Å². The molecule has 0 aliphatic heterocycles. The largest absolute Gasteiger partial charge is 0.505 e. The molecular weight excluding hydrogens is 349 g/mol. The monoisotopic (exact) mass is 359 g/mol. The molecule has 2 N–H and O–H groups in total. The Hall–Kier alpha value is -1.60. The molecule has 0 bridgehead atoms. The van der Waals surface area contributed by atoms with E-state index < -0.39 is 15.8 Å². The molecule has 0 heterocycles. The van der Waals surface area contributed by atoms with Crippen molar-refractivity contribution >= 4 is 31.6 Å². The molecule has 0 unspecified atom stereocenters. The van der Waals surface area contributed by atoms with E-state index in [9.17, 15) is 17.9 Å². The number of para-hydroxylation sites is 1. The van der Waals surface area contributed by atoms with Crippen LogP contribution in [0.4, 0.5) is 10.1 Å². The van der Waals surface area contributed by atoms with Crippen LogP contribution in [0.5, 0.6) is 5.75 Å². The summed E-state index contributed by atoms with van der Waals surface area (Å²) in [6.07, 6.45) is 0. The minimum atomic E-state index is -3.98. The average Bonchev–Trinajstić information content (AvgIpc) is 2.37. The number of sulfonamides is 1. The highest BCUT2D eigenvalue weighted by Gasteiger charge is 2.19. The molecule has 0 saturated heterocycles. The zero-order chi connectivity index (χ0) is 14.9. The molecule has 2 rings (SSSR count). The van der Waals surface area contributed by atoms with Gasteiger partial charge in [0, 0.05) is 0 Å². The van der Waals surface area contributed by atoms with E-state index >= 15 is 0 Å². The molecule has 2 aromatic rings. The van der Waals surface area contributed by atoms with E-state index in [0.717, 1.165) is 6.07 Å². The summed E-state index contributed by atoms with van der Waals surface area (Å²) in [6, 6.07) is 8.05. The number of nitrogens with one attached hydrogen (secondary N) is 1. The first-order valence-electron chi connectivity index (χ1n) is 5.58. The fraction of sp³-hybridized carbons (Fsp3) is 0.0769. The summed E-state index contributed by atoms with van der Waals surface area (Å²) in [7, 11) is -3.98. The second-order valence-corrected chi connectivity index (χ2v) is 6.66. The molecule has 0 atom stereocenters. The van der Waals surface area contributed by atoms with E-state index in [4.69, 9.17) is 0 Å². The van der Waals surface area contributed by atoms with Gasteiger partial charge in [-0.15, -0.1) is 0 Å². The van der Waals surface area contributed by atoms with Crippen molar-refractivity contribution in [2.75, 3.05) is 4.72 Å². The van der Waals surface area contributed by atoms with Gasteiger partial charge >= 0.3 is 0 Å². The van der Waals surface area contributed by atoms with Crippen LogP contribution in [0.25, 0.3) is 0 Å². The van der Waals surface area contributed by atoms with Crippen molar-refractivity contribution in [3.8, 4) is 5.75 Å². The van der Waals surface area contributed by atoms with Crippen molar-refractivity contribution < 1.29 is 17.9 Å². The molecule has 0 spiro atoms. The molecule has 106 valence electrons. The molecule has 0 radical (unpaired) electrons. The van der Waals surface area contributed by atoms with Gasteiger partial charge in [0.25, 0.3) is 10.0 Å². The molecule has 2 aromatic carbocycles. The summed E-state index contributed by atoms with van der Waals surface area (Å²) < 4.78 is 40.3. The van der Waals surface area contributed by atoms with Crippen LogP contribution in [-0.2, 0) is 10.0 Å². The summed E-state index contributed by atoms with van der Waals surface area (Å²) in [4.78, 5) is -0.170. The Balaban J connectivity index is 2.46. The standard InChI is InChI=1S/C13H11BrFNO3S/c1-8-5-6-9(15)7-12(8)20(18,19)16-11-4-2-3-10(14)13(11)17/h2-7,16-17H,1H3. The van der Waals surface area contributed by atoms with Crippen LogP contribution in [0.2, 0.25) is 0 Å². The zero-order valence-electron chi connectivity index (χ0n) is 10.4. The van der Waals surface area contributed by atoms with Gasteiger partial charge in [-0.3, -0.25) is 4.72 Å². The predicted molar refractivity (Wildman–Crippen MR) is 77.8 cm³/mol. The summed E-state index contributed by atoms with van der Waals surface area (Å²) in [5, 5.41) is 9.78. The Morgan fingerprint density at radius 3 is 2.65 bits per heavy atom. The van der Waals surface area contributed by atoms with Crippen LogP contribution < -0.4 is 4.72 Å². The molecular formula is C13H11BrFNO3S. The van der Waals surface area contributed by atoms with Crippen molar-refractivity contribution in [2.45, 2.75) is 11.8 Å². The van der Waals surface area contributed by atoms with Gasteiger partial charge in [-0.25, -0.2) is 12.8 Å². The molecule has 4 nitrogen and oxygen atoms in total. The minimum Gasteiger partial charge on any atom is -0.505 e. The van der Waals surface area contributed by atoms with Crippen molar-refractivity contribution in [1.82, 2.24) is 0 Å². The van der Waals surface area contributed by atoms with Crippen LogP contribution in [0, 0.1) is 12.7 Å². The summed E-state index contributed by atoms with van der Waals surface area (Å²) >= 11 is 3.09. The van der Waals surface area contributed by atoms with Crippen LogP contribution in [-0.4, -0.2) is 13.5 Å². The molecule has 0 fully saturated rings. The van der Waals surface area contributed by atoms with Gasteiger partial charge in [-0.2, -0.15) is 0 Å². The lowest BCUT2D eigenvalue weighted by Crippen LogP contribution is -2.14. The van der Waals surface area contributed by atoms with E-state index in [2.05, 4.69) is 20.7 Å². The molecule has 0 aromatic heterocycles. The number of anilines is 1. The van der Waals surface area contributed by atoms with E-state index in [1.807, 2.05) is 0 Å². The maximum atomic E-state index is 13.2. The Labute approximate surface area is 124 Å². The Kier molecular flexibility index (Phi) is 4.01. The van der Waals surface area contributed by atoms with E-state index in [-0.39, 0.29) is 16.3 Å².